The number of nitrogens with one attached hydrogen (secondary N) is 3. The van der Waals surface area contributed by atoms with Crippen molar-refractivity contribution in [3.63, 3.8) is 0 Å². The molecule has 228 valence electrons. The molecule has 3 N–H and O–H groups in total. The van der Waals surface area contributed by atoms with Crippen LogP contribution in [0.5, 0.6) is 0 Å². The molecule has 0 radical (unpaired) electrons. The predicted octanol–water partition coefficient (Wildman–Crippen LogP) is 6.94. The topological polar surface area (TPSA) is 91.3 Å². The second kappa shape index (κ2) is 12.2. The molecule has 8 nitrogen and oxygen atoms in total. The highest BCUT2D eigenvalue weighted by atomic mass is 16.2. The fourth-order valence-corrected chi connectivity index (χ4v) is 6.08. The van der Waals surface area contributed by atoms with Gasteiger partial charge in [0.25, 0.3) is 0 Å². The van der Waals surface area contributed by atoms with Crippen LogP contribution in [0, 0.1) is 12.8 Å². The zero-order valence-corrected chi connectivity index (χ0v) is 26.1. The number of anilines is 3. The first kappa shape index (κ1) is 29.5. The number of carbonyl (C=O) groups excluding carboxylic acids is 2. The third kappa shape index (κ3) is 6.64. The van der Waals surface area contributed by atoms with Crippen molar-refractivity contribution in [2.24, 2.45) is 5.92 Å². The van der Waals surface area contributed by atoms with Gasteiger partial charge in [0, 0.05) is 42.4 Å². The number of rotatable bonds is 6. The summed E-state index contributed by atoms with van der Waals surface area (Å²) in [6.07, 6.45) is 3.73. The molecule has 1 unspecified atom stereocenters. The molecule has 0 saturated carbocycles. The summed E-state index contributed by atoms with van der Waals surface area (Å²) in [6, 6.07) is 25.8. The van der Waals surface area contributed by atoms with Gasteiger partial charge in [-0.3, -0.25) is 10.1 Å². The van der Waals surface area contributed by atoms with Crippen LogP contribution >= 0.6 is 0 Å². The Bertz CT molecular complexity index is 1600. The third-order valence-corrected chi connectivity index (χ3v) is 8.73. The summed E-state index contributed by atoms with van der Waals surface area (Å²) in [5, 5.41) is 14.2. The van der Waals surface area contributed by atoms with Gasteiger partial charge in [-0.15, -0.1) is 0 Å². The van der Waals surface area contributed by atoms with Gasteiger partial charge >= 0.3 is 6.03 Å². The van der Waals surface area contributed by atoms with Crippen molar-refractivity contribution < 1.29 is 9.59 Å². The van der Waals surface area contributed by atoms with Crippen molar-refractivity contribution in [3.05, 3.63) is 101 Å². The lowest BCUT2D eigenvalue weighted by Gasteiger charge is -2.33. The first-order valence-electron chi connectivity index (χ1n) is 15.6. The Labute approximate surface area is 259 Å². The molecule has 3 heterocycles. The smallest absolute Gasteiger partial charge is 0.324 e. The first-order valence-corrected chi connectivity index (χ1v) is 15.6. The minimum Gasteiger partial charge on any atom is -0.373 e. The van der Waals surface area contributed by atoms with E-state index in [1.165, 1.54) is 11.1 Å². The van der Waals surface area contributed by atoms with Crippen LogP contribution in [0.2, 0.25) is 0 Å². The van der Waals surface area contributed by atoms with E-state index in [2.05, 4.69) is 54.9 Å². The molecule has 4 aromatic rings. The highest BCUT2D eigenvalue weighted by molar-refractivity contribution is 5.99. The van der Waals surface area contributed by atoms with Crippen LogP contribution < -0.4 is 16.0 Å². The second-order valence-corrected chi connectivity index (χ2v) is 13.2. The van der Waals surface area contributed by atoms with E-state index in [0.29, 0.717) is 11.7 Å². The first-order chi connectivity index (χ1) is 21.1. The van der Waals surface area contributed by atoms with Gasteiger partial charge in [0.2, 0.25) is 5.91 Å². The Balaban J connectivity index is 1.01. The Morgan fingerprint density at radius 3 is 2.32 bits per heavy atom. The average Bonchev–Trinajstić information content (AvgIpc) is 3.63. The lowest BCUT2D eigenvalue weighted by molar-refractivity contribution is -0.133. The standard InChI is InChI=1S/C36H42N6O2/c1-24-9-15-29(16-10-24)42-33(23-32(40-42)36(2,3)4)39-35(44)37-28-13-11-25(12-14-28)21-26-17-19-41(20-18-26)34(43)31-22-27-7-5-6-8-30(27)38-31/h5-16,23,26,31,38H,17-22H2,1-4H3,(H2,37,39,44). The molecule has 44 heavy (non-hydrogen) atoms. The Hall–Kier alpha value is -4.59. The van der Waals surface area contributed by atoms with E-state index >= 15 is 0 Å². The third-order valence-electron chi connectivity index (χ3n) is 8.73. The zero-order chi connectivity index (χ0) is 30.8. The van der Waals surface area contributed by atoms with Crippen LogP contribution in [0.25, 0.3) is 5.69 Å². The molecular formula is C36H42N6O2. The average molecular weight is 591 g/mol. The number of hydrogen-bond acceptors (Lipinski definition) is 4. The molecule has 1 saturated heterocycles. The van der Waals surface area contributed by atoms with Crippen molar-refractivity contribution in [2.45, 2.75) is 64.8 Å². The van der Waals surface area contributed by atoms with Crippen LogP contribution in [0.15, 0.2) is 78.9 Å². The molecule has 0 aliphatic carbocycles. The van der Waals surface area contributed by atoms with Gasteiger partial charge in [0.05, 0.1) is 11.4 Å². The van der Waals surface area contributed by atoms with Crippen molar-refractivity contribution in [1.82, 2.24) is 14.7 Å². The van der Waals surface area contributed by atoms with E-state index in [0.717, 1.165) is 67.1 Å². The summed E-state index contributed by atoms with van der Waals surface area (Å²) in [4.78, 5) is 28.2. The number of nitrogens with zero attached hydrogens (tertiary/aromatic N) is 3. The fourth-order valence-electron chi connectivity index (χ4n) is 6.08. The maximum atomic E-state index is 13.1. The molecule has 8 heteroatoms. The van der Waals surface area contributed by atoms with Crippen LogP contribution in [0.4, 0.5) is 22.0 Å². The molecule has 3 aromatic carbocycles. The number of urea groups is 1. The maximum absolute atomic E-state index is 13.1. The van der Waals surface area contributed by atoms with E-state index < -0.39 is 0 Å². The predicted molar refractivity (Wildman–Crippen MR) is 177 cm³/mol. The van der Waals surface area contributed by atoms with Crippen LogP contribution in [0.1, 0.15) is 56.0 Å². The number of benzene rings is 3. The van der Waals surface area contributed by atoms with Crippen LogP contribution in [-0.4, -0.2) is 45.8 Å². The Kier molecular flexibility index (Phi) is 8.17. The van der Waals surface area contributed by atoms with Gasteiger partial charge < -0.3 is 15.5 Å². The van der Waals surface area contributed by atoms with Gasteiger partial charge in [-0.25, -0.2) is 9.48 Å². The minimum atomic E-state index is -0.316. The number of fused-ring (bicyclic) bond motifs is 1. The number of aromatic nitrogens is 2. The quantitative estimate of drug-likeness (QED) is 0.227. The van der Waals surface area contributed by atoms with E-state index in [1.807, 2.05) is 72.5 Å². The van der Waals surface area contributed by atoms with Gasteiger partial charge in [-0.2, -0.15) is 5.10 Å². The highest BCUT2D eigenvalue weighted by Crippen LogP contribution is 2.29. The molecule has 1 atom stereocenters. The van der Waals surface area contributed by atoms with Crippen molar-refractivity contribution in [3.8, 4) is 5.69 Å². The number of aryl methyl sites for hydroxylation is 1. The van der Waals surface area contributed by atoms with Gasteiger partial charge in [-0.1, -0.05) is 68.8 Å². The molecule has 2 aliphatic rings. The fraction of sp³-hybridized carbons (Fsp3) is 0.361. The van der Waals surface area contributed by atoms with Crippen molar-refractivity contribution >= 4 is 29.1 Å². The number of hydrogen-bond donors (Lipinski definition) is 3. The van der Waals surface area contributed by atoms with Crippen LogP contribution in [0.3, 0.4) is 0 Å². The largest absolute Gasteiger partial charge is 0.373 e. The minimum absolute atomic E-state index is 0.148. The SMILES string of the molecule is Cc1ccc(-n2nc(C(C)(C)C)cc2NC(=O)Nc2ccc(CC3CCN(C(=O)C4Cc5ccccc5N4)CC3)cc2)cc1. The summed E-state index contributed by atoms with van der Waals surface area (Å²) >= 11 is 0. The molecular weight excluding hydrogens is 548 g/mol. The normalized spacial score (nSPS) is 16.7. The van der Waals surface area contributed by atoms with Gasteiger partial charge in [-0.05, 0) is 73.6 Å². The molecule has 0 bridgehead atoms. The highest BCUT2D eigenvalue weighted by Gasteiger charge is 2.32. The van der Waals surface area contributed by atoms with E-state index in [9.17, 15) is 9.59 Å². The number of piperidine rings is 1. The zero-order valence-electron chi connectivity index (χ0n) is 26.1. The van der Waals surface area contributed by atoms with E-state index in [-0.39, 0.29) is 23.4 Å². The monoisotopic (exact) mass is 590 g/mol. The molecule has 2 aliphatic heterocycles. The van der Waals surface area contributed by atoms with E-state index in [4.69, 9.17) is 5.10 Å². The Morgan fingerprint density at radius 1 is 0.932 bits per heavy atom. The lowest BCUT2D eigenvalue weighted by Crippen LogP contribution is -2.46. The summed E-state index contributed by atoms with van der Waals surface area (Å²) < 4.78 is 1.78. The van der Waals surface area contributed by atoms with Crippen molar-refractivity contribution in [1.29, 1.82) is 0 Å². The number of likely N-dealkylation sites (tertiary alicyclic amines) is 1. The summed E-state index contributed by atoms with van der Waals surface area (Å²) in [7, 11) is 0. The molecule has 1 fully saturated rings. The molecule has 1 aromatic heterocycles. The number of amides is 3. The Morgan fingerprint density at radius 2 is 1.64 bits per heavy atom. The second-order valence-electron chi connectivity index (χ2n) is 13.2. The number of carbonyl (C=O) groups is 2. The van der Waals surface area contributed by atoms with Crippen molar-refractivity contribution in [2.75, 3.05) is 29.0 Å². The van der Waals surface area contributed by atoms with Crippen LogP contribution in [-0.2, 0) is 23.1 Å². The number of para-hydroxylation sites is 1. The molecule has 0 spiro atoms. The van der Waals surface area contributed by atoms with Gasteiger partial charge in [0.15, 0.2) is 0 Å². The lowest BCUT2D eigenvalue weighted by atomic mass is 9.90. The maximum Gasteiger partial charge on any atom is 0.324 e. The molecule has 6 rings (SSSR count). The van der Waals surface area contributed by atoms with E-state index in [1.54, 1.807) is 4.68 Å². The molecule has 3 amide bonds. The van der Waals surface area contributed by atoms with Gasteiger partial charge in [0.1, 0.15) is 11.9 Å². The summed E-state index contributed by atoms with van der Waals surface area (Å²) in [5.41, 5.74) is 7.06. The summed E-state index contributed by atoms with van der Waals surface area (Å²) in [6.45, 7) is 9.97. The summed E-state index contributed by atoms with van der Waals surface area (Å²) in [5.74, 6) is 1.37.